The summed E-state index contributed by atoms with van der Waals surface area (Å²) in [7, 11) is 3.87. The molecule has 112 valence electrons. The van der Waals surface area contributed by atoms with Gasteiger partial charge in [0.2, 0.25) is 0 Å². The Balaban J connectivity index is 2.61. The quantitative estimate of drug-likeness (QED) is 0.786. The van der Waals surface area contributed by atoms with Crippen LogP contribution in [-0.4, -0.2) is 44.2 Å². The maximum absolute atomic E-state index is 11.9. The Bertz CT molecular complexity index is 449. The number of anilines is 1. The number of hydrogen-bond donors (Lipinski definition) is 1. The van der Waals surface area contributed by atoms with Crippen LogP contribution in [0.3, 0.4) is 0 Å². The minimum Gasteiger partial charge on any atom is -0.463 e. The first kappa shape index (κ1) is 16.8. The molecule has 1 aromatic carbocycles. The number of carbonyl (C=O) groups is 1. The molecule has 0 radical (unpaired) electrons. The summed E-state index contributed by atoms with van der Waals surface area (Å²) >= 11 is 6.18. The van der Waals surface area contributed by atoms with E-state index in [9.17, 15) is 4.79 Å². The van der Waals surface area contributed by atoms with E-state index in [0.717, 1.165) is 17.7 Å². The number of hydrogen-bond acceptors (Lipinski definition) is 4. The Morgan fingerprint density at radius 3 is 2.75 bits per heavy atom. The van der Waals surface area contributed by atoms with Gasteiger partial charge in [0.15, 0.2) is 0 Å². The van der Waals surface area contributed by atoms with Crippen LogP contribution >= 0.6 is 11.6 Å². The van der Waals surface area contributed by atoms with Crippen LogP contribution < -0.4 is 5.32 Å². The lowest BCUT2D eigenvalue weighted by Crippen LogP contribution is -2.31. The molecule has 0 saturated carbocycles. The number of nitrogens with one attached hydrogen (secondary N) is 1. The smallest absolute Gasteiger partial charge is 0.328 e. The average Bonchev–Trinajstić information content (AvgIpc) is 2.40. The number of benzene rings is 1. The number of ether oxygens (including phenoxy) is 1. The summed E-state index contributed by atoms with van der Waals surface area (Å²) in [5, 5.41) is 3.77. The lowest BCUT2D eigenvalue weighted by atomic mass is 10.1. The molecule has 0 bridgehead atoms. The van der Waals surface area contributed by atoms with Crippen LogP contribution in [0, 0.1) is 0 Å². The average molecular weight is 299 g/mol. The molecule has 20 heavy (non-hydrogen) atoms. The summed E-state index contributed by atoms with van der Waals surface area (Å²) < 4.78 is 5.21. The molecule has 0 saturated heterocycles. The second kappa shape index (κ2) is 8.12. The molecule has 0 aliphatic carbocycles. The molecule has 1 N–H and O–H groups in total. The number of nitrogens with zero attached hydrogens (tertiary/aromatic N) is 1. The molecule has 5 heteroatoms. The Morgan fingerprint density at radius 1 is 1.45 bits per heavy atom. The van der Waals surface area contributed by atoms with E-state index in [2.05, 4.69) is 12.2 Å². The Morgan fingerprint density at radius 2 is 2.15 bits per heavy atom. The second-order valence-corrected chi connectivity index (χ2v) is 5.37. The van der Waals surface area contributed by atoms with Gasteiger partial charge in [-0.3, -0.25) is 0 Å². The normalized spacial score (nSPS) is 12.3. The summed E-state index contributed by atoms with van der Waals surface area (Å²) in [4.78, 5) is 13.9. The van der Waals surface area contributed by atoms with Gasteiger partial charge in [0.25, 0.3) is 0 Å². The van der Waals surface area contributed by atoms with Crippen LogP contribution in [0.2, 0.25) is 5.02 Å². The zero-order valence-electron chi connectivity index (χ0n) is 12.6. The number of likely N-dealkylation sites (N-methyl/N-ethyl adjacent to an activating group) is 1. The van der Waals surface area contributed by atoms with Crippen molar-refractivity contribution in [1.29, 1.82) is 0 Å². The van der Waals surface area contributed by atoms with Gasteiger partial charge < -0.3 is 15.0 Å². The fourth-order valence-corrected chi connectivity index (χ4v) is 2.00. The van der Waals surface area contributed by atoms with Gasteiger partial charge in [-0.05, 0) is 39.1 Å². The summed E-state index contributed by atoms with van der Waals surface area (Å²) in [5.41, 5.74) is 1.90. The monoisotopic (exact) mass is 298 g/mol. The van der Waals surface area contributed by atoms with Gasteiger partial charge in [0, 0.05) is 6.54 Å². The molecule has 0 fully saturated rings. The third kappa shape index (κ3) is 5.02. The van der Waals surface area contributed by atoms with Crippen molar-refractivity contribution >= 4 is 23.3 Å². The van der Waals surface area contributed by atoms with Crippen molar-refractivity contribution in [2.24, 2.45) is 0 Å². The van der Waals surface area contributed by atoms with Crippen molar-refractivity contribution in [1.82, 2.24) is 4.90 Å². The third-order valence-corrected chi connectivity index (χ3v) is 3.29. The fraction of sp³-hybridized carbons (Fsp3) is 0.533. The zero-order valence-corrected chi connectivity index (χ0v) is 13.3. The number of carbonyl (C=O) groups excluding carboxylic acids is 1. The predicted molar refractivity (Wildman–Crippen MR) is 83.4 cm³/mol. The first-order valence-corrected chi connectivity index (χ1v) is 7.18. The highest BCUT2D eigenvalue weighted by molar-refractivity contribution is 6.33. The van der Waals surface area contributed by atoms with Crippen molar-refractivity contribution in [2.45, 2.75) is 26.3 Å². The number of esters is 1. The number of aryl methyl sites for hydroxylation is 1. The highest BCUT2D eigenvalue weighted by Gasteiger charge is 2.17. The highest BCUT2D eigenvalue weighted by Crippen LogP contribution is 2.27. The first-order valence-electron chi connectivity index (χ1n) is 6.81. The van der Waals surface area contributed by atoms with Crippen LogP contribution in [0.15, 0.2) is 18.2 Å². The van der Waals surface area contributed by atoms with Crippen LogP contribution in [0.5, 0.6) is 0 Å². The van der Waals surface area contributed by atoms with E-state index in [1.807, 2.05) is 37.2 Å². The van der Waals surface area contributed by atoms with Gasteiger partial charge in [0.1, 0.15) is 12.6 Å². The molecule has 4 nitrogen and oxygen atoms in total. The zero-order chi connectivity index (χ0) is 15.1. The minimum absolute atomic E-state index is 0.270. The van der Waals surface area contributed by atoms with Crippen molar-refractivity contribution in [3.63, 3.8) is 0 Å². The summed E-state index contributed by atoms with van der Waals surface area (Å²) in [5.74, 6) is -0.270. The van der Waals surface area contributed by atoms with E-state index in [1.54, 1.807) is 6.92 Å². The van der Waals surface area contributed by atoms with Gasteiger partial charge in [-0.1, -0.05) is 30.7 Å². The lowest BCUT2D eigenvalue weighted by molar-refractivity contribution is -0.144. The molecule has 0 aliphatic heterocycles. The Kier molecular flexibility index (Phi) is 6.82. The van der Waals surface area contributed by atoms with E-state index in [0.29, 0.717) is 18.2 Å². The van der Waals surface area contributed by atoms with Crippen LogP contribution in [0.1, 0.15) is 19.4 Å². The Hall–Kier alpha value is -1.26. The summed E-state index contributed by atoms with van der Waals surface area (Å²) in [6.45, 7) is 4.93. The van der Waals surface area contributed by atoms with Gasteiger partial charge >= 0.3 is 5.97 Å². The largest absolute Gasteiger partial charge is 0.463 e. The molecule has 1 atom stereocenters. The first-order chi connectivity index (χ1) is 9.45. The summed E-state index contributed by atoms with van der Waals surface area (Å²) in [6.07, 6.45) is 0.852. The van der Waals surface area contributed by atoms with E-state index in [1.165, 1.54) is 0 Å². The number of halogens is 1. The molecule has 0 aliphatic rings. The molecular formula is C15H23ClN2O2. The van der Waals surface area contributed by atoms with Crippen molar-refractivity contribution in [3.05, 3.63) is 28.8 Å². The topological polar surface area (TPSA) is 41.6 Å². The van der Waals surface area contributed by atoms with Crippen LogP contribution in [0.4, 0.5) is 5.69 Å². The molecule has 0 amide bonds. The third-order valence-electron chi connectivity index (χ3n) is 2.98. The van der Waals surface area contributed by atoms with E-state index in [4.69, 9.17) is 16.3 Å². The highest BCUT2D eigenvalue weighted by atomic mass is 35.5. The molecule has 0 unspecified atom stereocenters. The van der Waals surface area contributed by atoms with Crippen molar-refractivity contribution < 1.29 is 9.53 Å². The van der Waals surface area contributed by atoms with Gasteiger partial charge in [-0.15, -0.1) is 0 Å². The van der Waals surface area contributed by atoms with Crippen LogP contribution in [0.25, 0.3) is 0 Å². The molecule has 1 aromatic rings. The van der Waals surface area contributed by atoms with Gasteiger partial charge in [-0.25, -0.2) is 4.79 Å². The van der Waals surface area contributed by atoms with E-state index in [-0.39, 0.29) is 5.97 Å². The molecule has 1 rings (SSSR count). The van der Waals surface area contributed by atoms with Gasteiger partial charge in [0.05, 0.1) is 10.7 Å². The predicted octanol–water partition coefficient (Wildman–Crippen LogP) is 2.81. The molecule has 0 heterocycles. The standard InChI is InChI=1S/C15H23ClN2O2/c1-5-12-7-6-8-13(16)14(12)17-11(2)15(19)20-10-9-18(3)4/h6-8,11,17H,5,9-10H2,1-4H3/t11-/m0/s1. The van der Waals surface area contributed by atoms with E-state index >= 15 is 0 Å². The molecular weight excluding hydrogens is 276 g/mol. The maximum Gasteiger partial charge on any atom is 0.328 e. The SMILES string of the molecule is CCc1cccc(Cl)c1N[C@@H](C)C(=O)OCCN(C)C. The molecule has 0 spiro atoms. The summed E-state index contributed by atoms with van der Waals surface area (Å²) in [6, 6.07) is 5.29. The van der Waals surface area contributed by atoms with Crippen molar-refractivity contribution in [2.75, 3.05) is 32.6 Å². The minimum atomic E-state index is -0.428. The number of para-hydroxylation sites is 1. The van der Waals surface area contributed by atoms with Crippen LogP contribution in [-0.2, 0) is 16.0 Å². The number of rotatable bonds is 7. The lowest BCUT2D eigenvalue weighted by Gasteiger charge is -2.18. The second-order valence-electron chi connectivity index (χ2n) is 4.96. The van der Waals surface area contributed by atoms with Crippen molar-refractivity contribution in [3.8, 4) is 0 Å². The molecule has 0 aromatic heterocycles. The fourth-order valence-electron chi connectivity index (χ4n) is 1.75. The Labute approximate surface area is 126 Å². The van der Waals surface area contributed by atoms with Gasteiger partial charge in [-0.2, -0.15) is 0 Å². The van der Waals surface area contributed by atoms with E-state index < -0.39 is 6.04 Å². The maximum atomic E-state index is 11.9.